The van der Waals surface area contributed by atoms with Crippen LogP contribution in [0.2, 0.25) is 0 Å². The number of hydrogen-bond acceptors (Lipinski definition) is 5. The van der Waals surface area contributed by atoms with Gasteiger partial charge in [0.05, 0.1) is 17.7 Å². The molecule has 184 valence electrons. The van der Waals surface area contributed by atoms with Crippen LogP contribution in [0.25, 0.3) is 0 Å². The van der Waals surface area contributed by atoms with Crippen molar-refractivity contribution in [2.45, 2.75) is 24.3 Å². The normalized spacial score (nSPS) is 15.0. The Morgan fingerprint density at radius 1 is 0.914 bits per heavy atom. The van der Waals surface area contributed by atoms with Gasteiger partial charge < -0.3 is 14.5 Å². The third-order valence-corrected chi connectivity index (χ3v) is 7.71. The van der Waals surface area contributed by atoms with Crippen molar-refractivity contribution in [1.82, 2.24) is 9.62 Å². The number of hydrogen-bond donors (Lipinski definition) is 1. The fourth-order valence-electron chi connectivity index (χ4n) is 4.28. The van der Waals surface area contributed by atoms with E-state index < -0.39 is 16.1 Å². The molecule has 3 aromatic carbocycles. The Bertz CT molecular complexity index is 1240. The minimum absolute atomic E-state index is 0.148. The van der Waals surface area contributed by atoms with Gasteiger partial charge in [-0.15, -0.1) is 0 Å². The Morgan fingerprint density at radius 2 is 1.54 bits per heavy atom. The van der Waals surface area contributed by atoms with Crippen LogP contribution in [0.3, 0.4) is 0 Å². The van der Waals surface area contributed by atoms with Crippen molar-refractivity contribution in [3.63, 3.8) is 0 Å². The third kappa shape index (κ3) is 6.01. The molecule has 1 aliphatic rings. The smallest absolute Gasteiger partial charge is 0.241 e. The molecule has 0 unspecified atom stereocenters. The maximum atomic E-state index is 13.6. The van der Waals surface area contributed by atoms with Gasteiger partial charge in [0.15, 0.2) is 0 Å². The molecule has 35 heavy (non-hydrogen) atoms. The first-order valence-electron chi connectivity index (χ1n) is 11.7. The summed E-state index contributed by atoms with van der Waals surface area (Å²) >= 11 is 0. The van der Waals surface area contributed by atoms with Gasteiger partial charge in [0.1, 0.15) is 11.8 Å². The van der Waals surface area contributed by atoms with Gasteiger partial charge in [-0.2, -0.15) is 4.72 Å². The predicted molar refractivity (Wildman–Crippen MR) is 137 cm³/mol. The maximum absolute atomic E-state index is 13.6. The van der Waals surface area contributed by atoms with Gasteiger partial charge in [0.2, 0.25) is 15.9 Å². The molecule has 7 nitrogen and oxygen atoms in total. The van der Waals surface area contributed by atoms with Crippen LogP contribution in [0, 0.1) is 6.92 Å². The lowest BCUT2D eigenvalue weighted by molar-refractivity contribution is -0.133. The lowest BCUT2D eigenvalue weighted by atomic mass is 10.1. The van der Waals surface area contributed by atoms with Crippen LogP contribution < -0.4 is 14.4 Å². The molecular weight excluding hydrogens is 462 g/mol. The molecule has 1 saturated heterocycles. The highest BCUT2D eigenvalue weighted by atomic mass is 32.2. The second-order valence-electron chi connectivity index (χ2n) is 8.66. The van der Waals surface area contributed by atoms with E-state index in [1.807, 2.05) is 61.5 Å². The quantitative estimate of drug-likeness (QED) is 0.521. The Kier molecular flexibility index (Phi) is 7.73. The number of amides is 1. The minimum Gasteiger partial charge on any atom is -0.495 e. The number of nitrogens with zero attached hydrogens (tertiary/aromatic N) is 2. The van der Waals surface area contributed by atoms with Crippen molar-refractivity contribution in [2.24, 2.45) is 0 Å². The van der Waals surface area contributed by atoms with Crippen molar-refractivity contribution < 1.29 is 17.9 Å². The second kappa shape index (κ2) is 10.9. The molecule has 0 bridgehead atoms. The van der Waals surface area contributed by atoms with Crippen molar-refractivity contribution in [3.05, 3.63) is 90.0 Å². The van der Waals surface area contributed by atoms with E-state index in [0.717, 1.165) is 22.6 Å². The summed E-state index contributed by atoms with van der Waals surface area (Å²) in [7, 11) is -2.22. The molecule has 3 aromatic rings. The van der Waals surface area contributed by atoms with E-state index in [9.17, 15) is 13.2 Å². The van der Waals surface area contributed by atoms with Crippen LogP contribution in [-0.2, 0) is 21.2 Å². The lowest BCUT2D eigenvalue weighted by Gasteiger charge is -2.38. The molecule has 1 heterocycles. The van der Waals surface area contributed by atoms with Crippen LogP contribution in [0.15, 0.2) is 83.8 Å². The molecule has 0 spiro atoms. The first kappa shape index (κ1) is 24.8. The molecular formula is C27H31N3O4S. The number of carbonyl (C=O) groups excluding carboxylic acids is 1. The van der Waals surface area contributed by atoms with Gasteiger partial charge >= 0.3 is 0 Å². The number of rotatable bonds is 8. The van der Waals surface area contributed by atoms with Crippen molar-refractivity contribution in [1.29, 1.82) is 0 Å². The van der Waals surface area contributed by atoms with Crippen molar-refractivity contribution in [2.75, 3.05) is 38.2 Å². The SMILES string of the molecule is COc1ccccc1N1CCN(C(=O)[C@@H](Cc2ccccc2)NS(=O)(=O)c2ccc(C)cc2)CC1. The van der Waals surface area contributed by atoms with Crippen LogP contribution in [0.4, 0.5) is 5.69 Å². The molecule has 1 N–H and O–H groups in total. The third-order valence-electron chi connectivity index (χ3n) is 6.23. The van der Waals surface area contributed by atoms with Crippen molar-refractivity contribution >= 4 is 21.6 Å². The number of sulfonamides is 1. The Hall–Kier alpha value is -3.36. The maximum Gasteiger partial charge on any atom is 0.241 e. The summed E-state index contributed by atoms with van der Waals surface area (Å²) in [6.07, 6.45) is 0.275. The largest absolute Gasteiger partial charge is 0.495 e. The highest BCUT2D eigenvalue weighted by Gasteiger charge is 2.31. The second-order valence-corrected chi connectivity index (χ2v) is 10.4. The number of aryl methyl sites for hydroxylation is 1. The number of piperazine rings is 1. The molecule has 0 aromatic heterocycles. The van der Waals surface area contributed by atoms with Crippen LogP contribution in [-0.4, -0.2) is 58.6 Å². The number of carbonyl (C=O) groups is 1. The topological polar surface area (TPSA) is 79.0 Å². The fourth-order valence-corrected chi connectivity index (χ4v) is 5.47. The summed E-state index contributed by atoms with van der Waals surface area (Å²) in [5.74, 6) is 0.573. The minimum atomic E-state index is -3.87. The number of nitrogens with one attached hydrogen (secondary N) is 1. The standard InChI is InChI=1S/C27H31N3O4S/c1-21-12-14-23(15-13-21)35(32,33)28-24(20-22-8-4-3-5-9-22)27(31)30-18-16-29(17-19-30)25-10-6-7-11-26(25)34-2/h3-15,24,28H,16-20H2,1-2H3/t24-/m1/s1. The molecule has 1 aliphatic heterocycles. The molecule has 0 radical (unpaired) electrons. The zero-order chi connectivity index (χ0) is 24.8. The molecule has 1 atom stereocenters. The van der Waals surface area contributed by atoms with Crippen LogP contribution in [0.5, 0.6) is 5.75 Å². The summed E-state index contributed by atoms with van der Waals surface area (Å²) in [5.41, 5.74) is 2.85. The zero-order valence-electron chi connectivity index (χ0n) is 20.1. The van der Waals surface area contributed by atoms with Gasteiger partial charge in [-0.25, -0.2) is 8.42 Å². The molecule has 4 rings (SSSR count). The summed E-state index contributed by atoms with van der Waals surface area (Å²) in [6, 6.07) is 23.0. The van der Waals surface area contributed by atoms with Crippen molar-refractivity contribution in [3.8, 4) is 5.75 Å². The zero-order valence-corrected chi connectivity index (χ0v) is 20.9. The summed E-state index contributed by atoms with van der Waals surface area (Å²) in [5, 5.41) is 0. The van der Waals surface area contributed by atoms with E-state index in [2.05, 4.69) is 9.62 Å². The van der Waals surface area contributed by atoms with Gasteiger partial charge in [0, 0.05) is 26.2 Å². The average molecular weight is 494 g/mol. The lowest BCUT2D eigenvalue weighted by Crippen LogP contribution is -2.55. The number of para-hydroxylation sites is 2. The van der Waals surface area contributed by atoms with E-state index in [1.54, 1.807) is 36.3 Å². The predicted octanol–water partition coefficient (Wildman–Crippen LogP) is 3.24. The highest BCUT2D eigenvalue weighted by molar-refractivity contribution is 7.89. The van der Waals surface area contributed by atoms with E-state index in [0.29, 0.717) is 26.2 Å². The summed E-state index contributed by atoms with van der Waals surface area (Å²) < 4.78 is 34.4. The Morgan fingerprint density at radius 3 is 2.20 bits per heavy atom. The van der Waals surface area contributed by atoms with E-state index >= 15 is 0 Å². The molecule has 0 saturated carbocycles. The first-order chi connectivity index (χ1) is 16.9. The van der Waals surface area contributed by atoms with E-state index in [1.165, 1.54) is 0 Å². The monoisotopic (exact) mass is 493 g/mol. The number of anilines is 1. The highest BCUT2D eigenvalue weighted by Crippen LogP contribution is 2.28. The fraction of sp³-hybridized carbons (Fsp3) is 0.296. The number of methoxy groups -OCH3 is 1. The first-order valence-corrected chi connectivity index (χ1v) is 13.2. The summed E-state index contributed by atoms with van der Waals surface area (Å²) in [6.45, 7) is 4.16. The van der Waals surface area contributed by atoms with Gasteiger partial charge in [0.25, 0.3) is 0 Å². The van der Waals surface area contributed by atoms with E-state index in [-0.39, 0.29) is 17.2 Å². The van der Waals surface area contributed by atoms with Crippen LogP contribution in [0.1, 0.15) is 11.1 Å². The van der Waals surface area contributed by atoms with E-state index in [4.69, 9.17) is 4.74 Å². The van der Waals surface area contributed by atoms with Gasteiger partial charge in [-0.05, 0) is 43.2 Å². The number of ether oxygens (including phenoxy) is 1. The Balaban J connectivity index is 1.51. The molecule has 1 fully saturated rings. The van der Waals surface area contributed by atoms with Gasteiger partial charge in [-0.3, -0.25) is 4.79 Å². The van der Waals surface area contributed by atoms with Crippen LogP contribution >= 0.6 is 0 Å². The molecule has 1 amide bonds. The molecule has 8 heteroatoms. The molecule has 0 aliphatic carbocycles. The van der Waals surface area contributed by atoms with Gasteiger partial charge in [-0.1, -0.05) is 60.2 Å². The summed E-state index contributed by atoms with van der Waals surface area (Å²) in [4.78, 5) is 17.7. The Labute approximate surface area is 207 Å². The number of benzene rings is 3. The average Bonchev–Trinajstić information content (AvgIpc) is 2.88.